The van der Waals surface area contributed by atoms with Crippen molar-refractivity contribution in [3.63, 3.8) is 0 Å². The number of hydrogen-bond donors (Lipinski definition) is 0. The van der Waals surface area contributed by atoms with Crippen LogP contribution in [0.25, 0.3) is 0 Å². The highest BCUT2D eigenvalue weighted by molar-refractivity contribution is 7.92. The maximum atomic E-state index is 12.8. The SMILES string of the molecule is COc1ccc(S(=O)(=O)N(C)c2ccc(OC(=O)c3ccoc3C)cc2)cc1. The van der Waals surface area contributed by atoms with Crippen LogP contribution in [0.4, 0.5) is 5.69 Å². The van der Waals surface area contributed by atoms with Gasteiger partial charge in [-0.15, -0.1) is 0 Å². The predicted octanol–water partition coefficient (Wildman–Crippen LogP) is 3.64. The maximum absolute atomic E-state index is 12.8. The summed E-state index contributed by atoms with van der Waals surface area (Å²) in [4.78, 5) is 12.3. The zero-order valence-electron chi connectivity index (χ0n) is 15.6. The van der Waals surface area contributed by atoms with Gasteiger partial charge in [-0.3, -0.25) is 4.31 Å². The number of hydrogen-bond acceptors (Lipinski definition) is 6. The van der Waals surface area contributed by atoms with Gasteiger partial charge < -0.3 is 13.9 Å². The second kappa shape index (κ2) is 7.77. The van der Waals surface area contributed by atoms with Crippen molar-refractivity contribution in [2.75, 3.05) is 18.5 Å². The number of anilines is 1. The van der Waals surface area contributed by atoms with Gasteiger partial charge in [0.25, 0.3) is 10.0 Å². The number of furan rings is 1. The van der Waals surface area contributed by atoms with Crippen molar-refractivity contribution in [2.45, 2.75) is 11.8 Å². The van der Waals surface area contributed by atoms with Gasteiger partial charge in [-0.1, -0.05) is 0 Å². The largest absolute Gasteiger partial charge is 0.497 e. The van der Waals surface area contributed by atoms with Crippen LogP contribution < -0.4 is 13.8 Å². The Labute approximate surface area is 163 Å². The molecule has 0 saturated carbocycles. The standard InChI is InChI=1S/C20H19NO6S/c1-14-19(12-13-26-14)20(22)27-17-6-4-15(5-7-17)21(2)28(23,24)18-10-8-16(25-3)9-11-18/h4-13H,1-3H3. The number of carbonyl (C=O) groups is 1. The number of benzene rings is 2. The van der Waals surface area contributed by atoms with Gasteiger partial charge in [-0.25, -0.2) is 13.2 Å². The van der Waals surface area contributed by atoms with Gasteiger partial charge in [-0.2, -0.15) is 0 Å². The van der Waals surface area contributed by atoms with E-state index in [0.717, 1.165) is 4.31 Å². The van der Waals surface area contributed by atoms with E-state index < -0.39 is 16.0 Å². The number of aryl methyl sites for hydroxylation is 1. The van der Waals surface area contributed by atoms with Gasteiger partial charge in [-0.05, 0) is 61.5 Å². The third-order valence-electron chi connectivity index (χ3n) is 4.21. The van der Waals surface area contributed by atoms with E-state index >= 15 is 0 Å². The Morgan fingerprint density at radius 2 is 1.57 bits per heavy atom. The normalized spacial score (nSPS) is 11.1. The summed E-state index contributed by atoms with van der Waals surface area (Å²) in [6.45, 7) is 1.67. The molecule has 28 heavy (non-hydrogen) atoms. The first kappa shape index (κ1) is 19.5. The maximum Gasteiger partial charge on any atom is 0.347 e. The van der Waals surface area contributed by atoms with E-state index in [1.54, 1.807) is 31.2 Å². The van der Waals surface area contributed by atoms with Crippen LogP contribution >= 0.6 is 0 Å². The highest BCUT2D eigenvalue weighted by atomic mass is 32.2. The fraction of sp³-hybridized carbons (Fsp3) is 0.150. The molecule has 0 aliphatic rings. The molecule has 1 heterocycles. The molecule has 0 bridgehead atoms. The average Bonchev–Trinajstić information content (AvgIpc) is 3.14. The molecule has 0 unspecified atom stereocenters. The van der Waals surface area contributed by atoms with Crippen LogP contribution in [0.15, 0.2) is 70.2 Å². The van der Waals surface area contributed by atoms with Gasteiger partial charge in [0.15, 0.2) is 0 Å². The topological polar surface area (TPSA) is 86.0 Å². The van der Waals surface area contributed by atoms with Crippen LogP contribution in [-0.2, 0) is 10.0 Å². The molecule has 8 heteroatoms. The molecule has 3 aromatic rings. The first-order valence-electron chi connectivity index (χ1n) is 8.32. The van der Waals surface area contributed by atoms with Crippen molar-refractivity contribution in [3.8, 4) is 11.5 Å². The quantitative estimate of drug-likeness (QED) is 0.463. The van der Waals surface area contributed by atoms with Crippen LogP contribution in [0.5, 0.6) is 11.5 Å². The number of carbonyl (C=O) groups excluding carboxylic acids is 1. The van der Waals surface area contributed by atoms with Crippen LogP contribution in [0.3, 0.4) is 0 Å². The van der Waals surface area contributed by atoms with E-state index in [-0.39, 0.29) is 4.90 Å². The second-order valence-corrected chi connectivity index (χ2v) is 7.89. The lowest BCUT2D eigenvalue weighted by Gasteiger charge is -2.20. The van der Waals surface area contributed by atoms with Crippen molar-refractivity contribution in [3.05, 3.63) is 72.2 Å². The third kappa shape index (κ3) is 3.86. The molecule has 0 spiro atoms. The Balaban J connectivity index is 1.76. The molecule has 0 fully saturated rings. The summed E-state index contributed by atoms with van der Waals surface area (Å²) in [5, 5.41) is 0. The van der Waals surface area contributed by atoms with Crippen molar-refractivity contribution in [1.29, 1.82) is 0 Å². The molecular formula is C20H19NO6S. The van der Waals surface area contributed by atoms with Gasteiger partial charge in [0.2, 0.25) is 0 Å². The number of sulfonamides is 1. The van der Waals surface area contributed by atoms with E-state index in [4.69, 9.17) is 13.9 Å². The van der Waals surface area contributed by atoms with Crippen molar-refractivity contribution in [2.24, 2.45) is 0 Å². The lowest BCUT2D eigenvalue weighted by Crippen LogP contribution is -2.26. The van der Waals surface area contributed by atoms with Crippen LogP contribution in [-0.4, -0.2) is 28.5 Å². The van der Waals surface area contributed by atoms with Crippen LogP contribution in [0.2, 0.25) is 0 Å². The molecule has 3 rings (SSSR count). The van der Waals surface area contributed by atoms with E-state index in [9.17, 15) is 13.2 Å². The molecule has 0 amide bonds. The summed E-state index contributed by atoms with van der Waals surface area (Å²) >= 11 is 0. The lowest BCUT2D eigenvalue weighted by molar-refractivity contribution is 0.0733. The van der Waals surface area contributed by atoms with Crippen molar-refractivity contribution >= 4 is 21.7 Å². The first-order valence-corrected chi connectivity index (χ1v) is 9.76. The number of nitrogens with zero attached hydrogens (tertiary/aromatic N) is 1. The zero-order chi connectivity index (χ0) is 20.3. The summed E-state index contributed by atoms with van der Waals surface area (Å²) in [6, 6.07) is 13.8. The highest BCUT2D eigenvalue weighted by Crippen LogP contribution is 2.26. The fourth-order valence-electron chi connectivity index (χ4n) is 2.53. The minimum atomic E-state index is -3.74. The lowest BCUT2D eigenvalue weighted by atomic mass is 10.2. The van der Waals surface area contributed by atoms with Crippen molar-refractivity contribution in [1.82, 2.24) is 0 Å². The first-order chi connectivity index (χ1) is 13.3. The number of methoxy groups -OCH3 is 1. The summed E-state index contributed by atoms with van der Waals surface area (Å²) in [5.74, 6) is 0.787. The van der Waals surface area contributed by atoms with Gasteiger partial charge in [0.05, 0.1) is 24.0 Å². The monoisotopic (exact) mass is 401 g/mol. The third-order valence-corrected chi connectivity index (χ3v) is 6.01. The summed E-state index contributed by atoms with van der Waals surface area (Å²) < 4.78 is 42.1. The molecule has 1 aromatic heterocycles. The molecular weight excluding hydrogens is 382 g/mol. The number of rotatable bonds is 6. The Bertz CT molecular complexity index is 1070. The summed E-state index contributed by atoms with van der Waals surface area (Å²) in [6.07, 6.45) is 1.41. The van der Waals surface area contributed by atoms with Crippen molar-refractivity contribution < 1.29 is 27.1 Å². The molecule has 0 N–H and O–H groups in total. The van der Waals surface area contributed by atoms with Crippen LogP contribution in [0.1, 0.15) is 16.1 Å². The summed E-state index contributed by atoms with van der Waals surface area (Å²) in [7, 11) is -0.771. The van der Waals surface area contributed by atoms with E-state index in [1.165, 1.54) is 50.8 Å². The molecule has 0 aliphatic heterocycles. The fourth-order valence-corrected chi connectivity index (χ4v) is 3.72. The molecule has 0 atom stereocenters. The Hall–Kier alpha value is -3.26. The molecule has 2 aromatic carbocycles. The van der Waals surface area contributed by atoms with Gasteiger partial charge in [0.1, 0.15) is 22.8 Å². The Kier molecular flexibility index (Phi) is 5.41. The summed E-state index contributed by atoms with van der Waals surface area (Å²) in [5.41, 5.74) is 0.762. The van der Waals surface area contributed by atoms with E-state index in [1.807, 2.05) is 0 Å². The predicted molar refractivity (Wildman–Crippen MR) is 103 cm³/mol. The smallest absolute Gasteiger partial charge is 0.347 e. The number of esters is 1. The molecule has 0 saturated heterocycles. The minimum Gasteiger partial charge on any atom is -0.497 e. The molecule has 0 radical (unpaired) electrons. The van der Waals surface area contributed by atoms with Crippen LogP contribution in [0, 0.1) is 6.92 Å². The molecule has 7 nitrogen and oxygen atoms in total. The van der Waals surface area contributed by atoms with Gasteiger partial charge in [0, 0.05) is 7.05 Å². The zero-order valence-corrected chi connectivity index (χ0v) is 16.4. The van der Waals surface area contributed by atoms with E-state index in [2.05, 4.69) is 0 Å². The molecule has 0 aliphatic carbocycles. The molecule has 146 valence electrons. The average molecular weight is 401 g/mol. The number of ether oxygens (including phenoxy) is 2. The highest BCUT2D eigenvalue weighted by Gasteiger charge is 2.21. The Morgan fingerprint density at radius 1 is 0.964 bits per heavy atom. The van der Waals surface area contributed by atoms with E-state index in [0.29, 0.717) is 28.5 Å². The van der Waals surface area contributed by atoms with Gasteiger partial charge >= 0.3 is 5.97 Å². The minimum absolute atomic E-state index is 0.140. The second-order valence-electron chi connectivity index (χ2n) is 5.92. The Morgan fingerprint density at radius 3 is 2.11 bits per heavy atom.